The minimum atomic E-state index is 0.379. The summed E-state index contributed by atoms with van der Waals surface area (Å²) in [6.07, 6.45) is 2.63. The van der Waals surface area contributed by atoms with Gasteiger partial charge in [-0.2, -0.15) is 0 Å². The highest BCUT2D eigenvalue weighted by Gasteiger charge is 2.25. The molecule has 1 saturated carbocycles. The second kappa shape index (κ2) is 3.87. The van der Waals surface area contributed by atoms with Crippen molar-refractivity contribution in [3.63, 3.8) is 0 Å². The SMILES string of the molecule is C=C(N[C@@H](C)c1ccccc1)C1CC1. The van der Waals surface area contributed by atoms with Crippen LogP contribution in [0.5, 0.6) is 0 Å². The van der Waals surface area contributed by atoms with Crippen LogP contribution in [-0.4, -0.2) is 0 Å². The molecule has 14 heavy (non-hydrogen) atoms. The molecule has 0 spiro atoms. The quantitative estimate of drug-likeness (QED) is 0.763. The van der Waals surface area contributed by atoms with E-state index in [0.717, 1.165) is 5.92 Å². The molecule has 0 heterocycles. The van der Waals surface area contributed by atoms with Crippen molar-refractivity contribution >= 4 is 0 Å². The summed E-state index contributed by atoms with van der Waals surface area (Å²) in [6.45, 7) is 6.25. The highest BCUT2D eigenvalue weighted by molar-refractivity contribution is 5.20. The first kappa shape index (κ1) is 9.32. The van der Waals surface area contributed by atoms with Crippen molar-refractivity contribution in [3.8, 4) is 0 Å². The molecular formula is C13H17N. The van der Waals surface area contributed by atoms with Crippen LogP contribution in [0.3, 0.4) is 0 Å². The lowest BCUT2D eigenvalue weighted by molar-refractivity contribution is 0.624. The summed E-state index contributed by atoms with van der Waals surface area (Å²) < 4.78 is 0. The average Bonchev–Trinajstić information content (AvgIpc) is 3.02. The first-order valence-electron chi connectivity index (χ1n) is 5.27. The van der Waals surface area contributed by atoms with Gasteiger partial charge >= 0.3 is 0 Å². The standard InChI is InChI=1S/C13H17N/c1-10(12-6-4-3-5-7-12)14-11(2)13-8-9-13/h3-7,10,13-14H,2,8-9H2,1H3/t10-/m0/s1. The van der Waals surface area contributed by atoms with Gasteiger partial charge in [-0.1, -0.05) is 36.9 Å². The van der Waals surface area contributed by atoms with Crippen LogP contribution in [0.4, 0.5) is 0 Å². The first-order valence-corrected chi connectivity index (χ1v) is 5.27. The van der Waals surface area contributed by atoms with Crippen molar-refractivity contribution in [3.05, 3.63) is 48.2 Å². The van der Waals surface area contributed by atoms with Crippen molar-refractivity contribution in [1.29, 1.82) is 0 Å². The van der Waals surface area contributed by atoms with Gasteiger partial charge in [0.1, 0.15) is 0 Å². The maximum atomic E-state index is 4.07. The van der Waals surface area contributed by atoms with Crippen molar-refractivity contribution in [2.24, 2.45) is 5.92 Å². The minimum absolute atomic E-state index is 0.379. The lowest BCUT2D eigenvalue weighted by Crippen LogP contribution is -2.18. The molecule has 1 N–H and O–H groups in total. The number of hydrogen-bond donors (Lipinski definition) is 1. The first-order chi connectivity index (χ1) is 6.77. The number of hydrogen-bond acceptors (Lipinski definition) is 1. The van der Waals surface area contributed by atoms with Crippen LogP contribution >= 0.6 is 0 Å². The fourth-order valence-corrected chi connectivity index (χ4v) is 1.65. The van der Waals surface area contributed by atoms with Gasteiger partial charge in [0, 0.05) is 11.7 Å². The molecule has 0 unspecified atom stereocenters. The van der Waals surface area contributed by atoms with Crippen LogP contribution in [-0.2, 0) is 0 Å². The largest absolute Gasteiger partial charge is 0.382 e. The zero-order valence-corrected chi connectivity index (χ0v) is 8.66. The van der Waals surface area contributed by atoms with Crippen molar-refractivity contribution < 1.29 is 0 Å². The van der Waals surface area contributed by atoms with E-state index in [0.29, 0.717) is 6.04 Å². The van der Waals surface area contributed by atoms with E-state index in [1.807, 2.05) is 6.07 Å². The second-order valence-corrected chi connectivity index (χ2v) is 4.08. The van der Waals surface area contributed by atoms with Crippen LogP contribution in [0.1, 0.15) is 31.4 Å². The molecule has 1 aliphatic rings. The van der Waals surface area contributed by atoms with Gasteiger partial charge in [-0.05, 0) is 31.2 Å². The van der Waals surface area contributed by atoms with E-state index in [9.17, 15) is 0 Å². The Hall–Kier alpha value is -1.24. The Morgan fingerprint density at radius 3 is 2.57 bits per heavy atom. The Morgan fingerprint density at radius 1 is 1.36 bits per heavy atom. The Kier molecular flexibility index (Phi) is 2.58. The summed E-state index contributed by atoms with van der Waals surface area (Å²) in [5.74, 6) is 0.737. The minimum Gasteiger partial charge on any atom is -0.382 e. The molecule has 0 aliphatic heterocycles. The van der Waals surface area contributed by atoms with Gasteiger partial charge < -0.3 is 5.32 Å². The number of allylic oxidation sites excluding steroid dienone is 1. The lowest BCUT2D eigenvalue weighted by Gasteiger charge is -2.17. The van der Waals surface area contributed by atoms with E-state index < -0.39 is 0 Å². The third kappa shape index (κ3) is 2.16. The Morgan fingerprint density at radius 2 is 2.00 bits per heavy atom. The maximum absolute atomic E-state index is 4.07. The molecule has 0 amide bonds. The smallest absolute Gasteiger partial charge is 0.0482 e. The zero-order valence-electron chi connectivity index (χ0n) is 8.66. The fourth-order valence-electron chi connectivity index (χ4n) is 1.65. The van der Waals surface area contributed by atoms with Crippen LogP contribution in [0, 0.1) is 5.92 Å². The summed E-state index contributed by atoms with van der Waals surface area (Å²) in [4.78, 5) is 0. The van der Waals surface area contributed by atoms with E-state index in [-0.39, 0.29) is 0 Å². The molecule has 0 aromatic heterocycles. The van der Waals surface area contributed by atoms with E-state index in [2.05, 4.69) is 43.1 Å². The van der Waals surface area contributed by atoms with Gasteiger partial charge in [-0.15, -0.1) is 0 Å². The van der Waals surface area contributed by atoms with E-state index >= 15 is 0 Å². The molecular weight excluding hydrogens is 170 g/mol. The molecule has 74 valence electrons. The van der Waals surface area contributed by atoms with Crippen molar-refractivity contribution in [2.75, 3.05) is 0 Å². The number of benzene rings is 1. The topological polar surface area (TPSA) is 12.0 Å². The van der Waals surface area contributed by atoms with Crippen LogP contribution in [0.2, 0.25) is 0 Å². The van der Waals surface area contributed by atoms with Gasteiger partial charge in [-0.25, -0.2) is 0 Å². The van der Waals surface area contributed by atoms with Gasteiger partial charge in [0.05, 0.1) is 0 Å². The van der Waals surface area contributed by atoms with E-state index in [4.69, 9.17) is 0 Å². The molecule has 1 nitrogen and oxygen atoms in total. The Labute approximate surface area is 85.8 Å². The molecule has 1 aliphatic carbocycles. The molecule has 1 aromatic carbocycles. The monoisotopic (exact) mass is 187 g/mol. The number of nitrogens with one attached hydrogen (secondary N) is 1. The normalized spacial score (nSPS) is 17.5. The summed E-state index contributed by atoms with van der Waals surface area (Å²) >= 11 is 0. The summed E-state index contributed by atoms with van der Waals surface area (Å²) in [7, 11) is 0. The Balaban J connectivity index is 1.95. The second-order valence-electron chi connectivity index (χ2n) is 4.08. The molecule has 1 atom stereocenters. The lowest BCUT2D eigenvalue weighted by atomic mass is 10.1. The van der Waals surface area contributed by atoms with Crippen LogP contribution < -0.4 is 5.32 Å². The fraction of sp³-hybridized carbons (Fsp3) is 0.385. The van der Waals surface area contributed by atoms with Gasteiger partial charge in [-0.3, -0.25) is 0 Å². The maximum Gasteiger partial charge on any atom is 0.0482 e. The molecule has 2 rings (SSSR count). The number of rotatable bonds is 4. The van der Waals surface area contributed by atoms with Gasteiger partial charge in [0.2, 0.25) is 0 Å². The van der Waals surface area contributed by atoms with Crippen LogP contribution in [0.25, 0.3) is 0 Å². The molecule has 0 bridgehead atoms. The average molecular weight is 187 g/mol. The Bertz CT molecular complexity index is 311. The highest BCUT2D eigenvalue weighted by atomic mass is 14.9. The van der Waals surface area contributed by atoms with Crippen molar-refractivity contribution in [1.82, 2.24) is 5.32 Å². The molecule has 1 heteroatoms. The molecule has 0 saturated heterocycles. The highest BCUT2D eigenvalue weighted by Crippen LogP contribution is 2.35. The summed E-state index contributed by atoms with van der Waals surface area (Å²) in [6, 6.07) is 10.9. The third-order valence-electron chi connectivity index (χ3n) is 2.77. The predicted molar refractivity (Wildman–Crippen MR) is 59.9 cm³/mol. The third-order valence-corrected chi connectivity index (χ3v) is 2.77. The zero-order chi connectivity index (χ0) is 9.97. The van der Waals surface area contributed by atoms with E-state index in [1.54, 1.807) is 0 Å². The van der Waals surface area contributed by atoms with E-state index in [1.165, 1.54) is 24.1 Å². The summed E-state index contributed by atoms with van der Waals surface area (Å²) in [5.41, 5.74) is 2.54. The molecule has 1 fully saturated rings. The summed E-state index contributed by atoms with van der Waals surface area (Å²) in [5, 5.41) is 3.46. The molecule has 0 radical (unpaired) electrons. The predicted octanol–water partition coefficient (Wildman–Crippen LogP) is 3.26. The molecule has 1 aromatic rings. The van der Waals surface area contributed by atoms with Crippen LogP contribution in [0.15, 0.2) is 42.6 Å². The van der Waals surface area contributed by atoms with Gasteiger partial charge in [0.15, 0.2) is 0 Å². The van der Waals surface area contributed by atoms with Crippen molar-refractivity contribution in [2.45, 2.75) is 25.8 Å². The van der Waals surface area contributed by atoms with Gasteiger partial charge in [0.25, 0.3) is 0 Å².